The minimum absolute atomic E-state index is 0.0599. The molecule has 0 aliphatic heterocycles. The first kappa shape index (κ1) is 12.6. The fraction of sp³-hybridized carbons (Fsp3) is 0.571. The van der Waals surface area contributed by atoms with Gasteiger partial charge in [-0.3, -0.25) is 0 Å². The number of hydrogen-bond donors (Lipinski definition) is 2. The minimum Gasteiger partial charge on any atom is -0.461 e. The van der Waals surface area contributed by atoms with Crippen LogP contribution in [0.3, 0.4) is 0 Å². The highest BCUT2D eigenvalue weighted by Gasteiger charge is 2.23. The predicted octanol–water partition coefficient (Wildman–Crippen LogP) is -0.210. The first-order chi connectivity index (χ1) is 6.41. The Bertz CT molecular complexity index is 231. The van der Waals surface area contributed by atoms with Crippen LogP contribution in [-0.2, 0) is 9.53 Å². The second-order valence-corrected chi connectivity index (χ2v) is 2.43. The van der Waals surface area contributed by atoms with Gasteiger partial charge in [-0.1, -0.05) is 0 Å². The molecule has 0 amide bonds. The van der Waals surface area contributed by atoms with Gasteiger partial charge in [0.25, 0.3) is 6.43 Å². The lowest BCUT2D eigenvalue weighted by Gasteiger charge is -2.17. The van der Waals surface area contributed by atoms with E-state index in [4.69, 9.17) is 11.6 Å². The normalized spacial score (nSPS) is 12.4. The van der Waals surface area contributed by atoms with Crippen LogP contribution in [0.4, 0.5) is 8.78 Å². The largest absolute Gasteiger partial charge is 0.461 e. The maximum absolute atomic E-state index is 12.3. The summed E-state index contributed by atoms with van der Waals surface area (Å²) in [6.45, 7) is 1.60. The first-order valence-corrected chi connectivity index (χ1v) is 3.85. The molecule has 4 N–H and O–H groups in total. The van der Waals surface area contributed by atoms with Crippen molar-refractivity contribution in [3.8, 4) is 0 Å². The average molecular weight is 209 g/mol. The monoisotopic (exact) mass is 209 g/mol. The first-order valence-electron chi connectivity index (χ1n) is 3.85. The molecule has 0 spiro atoms. The molecule has 0 unspecified atom stereocenters. The minimum atomic E-state index is -2.92. The molecule has 7 heteroatoms. The number of halogens is 2. The van der Waals surface area contributed by atoms with E-state index in [9.17, 15) is 13.6 Å². The second kappa shape index (κ2) is 5.38. The number of hydrazine groups is 1. The highest BCUT2D eigenvalue weighted by atomic mass is 19.3. The number of hydrogen-bond acceptors (Lipinski definition) is 5. The highest BCUT2D eigenvalue weighted by molar-refractivity contribution is 5.88. The van der Waals surface area contributed by atoms with E-state index in [1.54, 1.807) is 6.92 Å². The Hall–Kier alpha value is -1.37. The van der Waals surface area contributed by atoms with E-state index < -0.39 is 23.8 Å². The molecule has 14 heavy (non-hydrogen) atoms. The molecule has 0 aliphatic rings. The summed E-state index contributed by atoms with van der Waals surface area (Å²) in [5.41, 5.74) is 3.73. The van der Waals surface area contributed by atoms with Crippen molar-refractivity contribution >= 4 is 5.97 Å². The van der Waals surface area contributed by atoms with Crippen LogP contribution < -0.4 is 11.6 Å². The van der Waals surface area contributed by atoms with Crippen LogP contribution in [0.15, 0.2) is 11.4 Å². The standard InChI is InChI=1S/C7H13F2N3O2/c1-3-14-7(13)4(10)5(6(8)9)12(2)11/h6H,3,10-11H2,1-2H3/b5-4-. The number of alkyl halides is 2. The molecule has 0 fully saturated rings. The molecular weight excluding hydrogens is 196 g/mol. The van der Waals surface area contributed by atoms with E-state index in [1.165, 1.54) is 0 Å². The van der Waals surface area contributed by atoms with E-state index in [-0.39, 0.29) is 6.61 Å². The van der Waals surface area contributed by atoms with E-state index >= 15 is 0 Å². The number of nitrogens with zero attached hydrogens (tertiary/aromatic N) is 1. The molecule has 0 rings (SSSR count). The number of ether oxygens (including phenoxy) is 1. The third kappa shape index (κ3) is 3.17. The van der Waals surface area contributed by atoms with Crippen LogP contribution in [0.2, 0.25) is 0 Å². The van der Waals surface area contributed by atoms with Crippen LogP contribution in [-0.4, -0.2) is 31.1 Å². The average Bonchev–Trinajstić information content (AvgIpc) is 2.03. The molecule has 0 atom stereocenters. The van der Waals surface area contributed by atoms with Gasteiger partial charge in [-0.25, -0.2) is 19.4 Å². The van der Waals surface area contributed by atoms with E-state index in [2.05, 4.69) is 4.74 Å². The lowest BCUT2D eigenvalue weighted by molar-refractivity contribution is -0.138. The fourth-order valence-corrected chi connectivity index (χ4v) is 0.775. The Morgan fingerprint density at radius 1 is 1.57 bits per heavy atom. The topological polar surface area (TPSA) is 81.6 Å². The SMILES string of the molecule is CCOC(=O)/C(N)=C(\C(F)F)N(C)N. The van der Waals surface area contributed by atoms with Crippen molar-refractivity contribution < 1.29 is 18.3 Å². The van der Waals surface area contributed by atoms with Crippen molar-refractivity contribution in [2.24, 2.45) is 11.6 Å². The van der Waals surface area contributed by atoms with Crippen molar-refractivity contribution in [3.63, 3.8) is 0 Å². The van der Waals surface area contributed by atoms with E-state index in [0.717, 1.165) is 7.05 Å². The molecule has 0 saturated heterocycles. The van der Waals surface area contributed by atoms with Gasteiger partial charge in [-0.05, 0) is 6.92 Å². The Balaban J connectivity index is 4.90. The van der Waals surface area contributed by atoms with Gasteiger partial charge in [0.1, 0.15) is 11.4 Å². The van der Waals surface area contributed by atoms with Crippen molar-refractivity contribution in [1.29, 1.82) is 0 Å². The van der Waals surface area contributed by atoms with Gasteiger partial charge < -0.3 is 15.5 Å². The molecular formula is C7H13F2N3O2. The number of nitrogens with two attached hydrogens (primary N) is 2. The lowest BCUT2D eigenvalue weighted by atomic mass is 10.3. The third-order valence-corrected chi connectivity index (χ3v) is 1.36. The van der Waals surface area contributed by atoms with Gasteiger partial charge in [0.2, 0.25) is 0 Å². The predicted molar refractivity (Wildman–Crippen MR) is 45.8 cm³/mol. The number of carbonyl (C=O) groups excluding carboxylic acids is 1. The molecule has 0 aliphatic carbocycles. The fourth-order valence-electron chi connectivity index (χ4n) is 0.775. The zero-order valence-corrected chi connectivity index (χ0v) is 7.96. The number of carbonyl (C=O) groups is 1. The molecule has 0 aromatic carbocycles. The van der Waals surface area contributed by atoms with Gasteiger partial charge in [0.15, 0.2) is 0 Å². The Morgan fingerprint density at radius 2 is 2.07 bits per heavy atom. The van der Waals surface area contributed by atoms with Crippen LogP contribution in [0.1, 0.15) is 6.92 Å². The van der Waals surface area contributed by atoms with Crippen molar-refractivity contribution in [2.75, 3.05) is 13.7 Å². The summed E-state index contributed by atoms with van der Waals surface area (Å²) in [7, 11) is 1.16. The summed E-state index contributed by atoms with van der Waals surface area (Å²) in [5, 5.41) is 0.594. The van der Waals surface area contributed by atoms with Gasteiger partial charge in [0.05, 0.1) is 6.61 Å². The summed E-state index contributed by atoms with van der Waals surface area (Å²) in [4.78, 5) is 11.0. The summed E-state index contributed by atoms with van der Waals surface area (Å²) >= 11 is 0. The zero-order chi connectivity index (χ0) is 11.3. The van der Waals surface area contributed by atoms with Crippen LogP contribution in [0.5, 0.6) is 0 Å². The summed E-state index contributed by atoms with van der Waals surface area (Å²) in [6, 6.07) is 0. The quantitative estimate of drug-likeness (QED) is 0.290. The van der Waals surface area contributed by atoms with Crippen molar-refractivity contribution in [2.45, 2.75) is 13.3 Å². The molecule has 0 heterocycles. The second-order valence-electron chi connectivity index (χ2n) is 2.43. The molecule has 0 aromatic heterocycles. The smallest absolute Gasteiger partial charge is 0.356 e. The van der Waals surface area contributed by atoms with Crippen LogP contribution >= 0.6 is 0 Å². The van der Waals surface area contributed by atoms with Crippen LogP contribution in [0.25, 0.3) is 0 Å². The number of esters is 1. The third-order valence-electron chi connectivity index (χ3n) is 1.36. The Kier molecular flexibility index (Phi) is 4.85. The van der Waals surface area contributed by atoms with Gasteiger partial charge >= 0.3 is 5.97 Å². The molecule has 82 valence electrons. The van der Waals surface area contributed by atoms with Gasteiger partial charge in [-0.15, -0.1) is 0 Å². The van der Waals surface area contributed by atoms with E-state index in [0.29, 0.717) is 5.01 Å². The van der Waals surface area contributed by atoms with Gasteiger partial charge in [0, 0.05) is 7.05 Å². The lowest BCUT2D eigenvalue weighted by Crippen LogP contribution is -2.34. The molecule has 0 radical (unpaired) electrons. The Morgan fingerprint density at radius 3 is 2.36 bits per heavy atom. The van der Waals surface area contributed by atoms with Crippen molar-refractivity contribution in [3.05, 3.63) is 11.4 Å². The maximum atomic E-state index is 12.3. The van der Waals surface area contributed by atoms with Gasteiger partial charge in [-0.2, -0.15) is 0 Å². The Labute approximate surface area is 80.3 Å². The summed E-state index contributed by atoms with van der Waals surface area (Å²) in [5.74, 6) is 4.08. The summed E-state index contributed by atoms with van der Waals surface area (Å²) < 4.78 is 29.1. The van der Waals surface area contributed by atoms with Crippen molar-refractivity contribution in [1.82, 2.24) is 5.01 Å². The molecule has 0 bridgehead atoms. The van der Waals surface area contributed by atoms with Crippen LogP contribution in [0, 0.1) is 0 Å². The maximum Gasteiger partial charge on any atom is 0.356 e. The number of allylic oxidation sites excluding steroid dienone is 1. The zero-order valence-electron chi connectivity index (χ0n) is 7.96. The highest BCUT2D eigenvalue weighted by Crippen LogP contribution is 2.12. The molecule has 0 saturated carbocycles. The number of rotatable bonds is 4. The van der Waals surface area contributed by atoms with E-state index in [1.807, 2.05) is 0 Å². The summed E-state index contributed by atoms with van der Waals surface area (Å²) in [6.07, 6.45) is -2.92. The molecule has 5 nitrogen and oxygen atoms in total. The molecule has 0 aromatic rings.